The first-order valence-electron chi connectivity index (χ1n) is 11.4. The van der Waals surface area contributed by atoms with Gasteiger partial charge in [0, 0.05) is 52.0 Å². The Kier molecular flexibility index (Phi) is 5.92. The van der Waals surface area contributed by atoms with Crippen molar-refractivity contribution in [2.24, 2.45) is 0 Å². The van der Waals surface area contributed by atoms with Crippen molar-refractivity contribution < 1.29 is 19.3 Å². The molecule has 0 radical (unpaired) electrons. The summed E-state index contributed by atoms with van der Waals surface area (Å²) in [7, 11) is 1.68. The summed E-state index contributed by atoms with van der Waals surface area (Å²) >= 11 is 0. The van der Waals surface area contributed by atoms with Crippen LogP contribution in [0.4, 0.5) is 4.39 Å². The minimum absolute atomic E-state index is 0.175. The highest BCUT2D eigenvalue weighted by Gasteiger charge is 2.33. The van der Waals surface area contributed by atoms with Gasteiger partial charge in [0.25, 0.3) is 0 Å². The maximum absolute atomic E-state index is 13.9. The van der Waals surface area contributed by atoms with E-state index in [-0.39, 0.29) is 19.0 Å². The molecule has 0 fully saturated rings. The molecule has 35 heavy (non-hydrogen) atoms. The molecule has 3 aromatic heterocycles. The summed E-state index contributed by atoms with van der Waals surface area (Å²) in [6, 6.07) is 10.6. The maximum atomic E-state index is 13.9. The molecule has 8 nitrogen and oxygen atoms in total. The second-order valence-corrected chi connectivity index (χ2v) is 9.47. The van der Waals surface area contributed by atoms with E-state index in [1.54, 1.807) is 36.3 Å². The maximum Gasteiger partial charge on any atom is 0.123 e. The molecule has 9 heteroatoms. The van der Waals surface area contributed by atoms with Gasteiger partial charge in [-0.15, -0.1) is 0 Å². The lowest BCUT2D eigenvalue weighted by Gasteiger charge is -2.28. The number of nitrogens with one attached hydrogen (secondary N) is 1. The van der Waals surface area contributed by atoms with Crippen molar-refractivity contribution >= 4 is 21.8 Å². The van der Waals surface area contributed by atoms with Gasteiger partial charge in [-0.25, -0.2) is 4.39 Å². The molecule has 2 aromatic carbocycles. The van der Waals surface area contributed by atoms with E-state index >= 15 is 0 Å². The summed E-state index contributed by atoms with van der Waals surface area (Å²) in [5, 5.41) is 32.8. The first-order valence-corrected chi connectivity index (χ1v) is 11.4. The summed E-state index contributed by atoms with van der Waals surface area (Å²) in [6.45, 7) is 4.51. The molecule has 1 atom stereocenters. The van der Waals surface area contributed by atoms with Crippen LogP contribution in [0.25, 0.3) is 38.6 Å². The predicted molar refractivity (Wildman–Crippen MR) is 132 cm³/mol. The zero-order chi connectivity index (χ0) is 24.7. The number of hydrogen-bond acceptors (Lipinski definition) is 5. The Morgan fingerprint density at radius 2 is 1.94 bits per heavy atom. The Morgan fingerprint density at radius 3 is 2.66 bits per heavy atom. The van der Waals surface area contributed by atoms with E-state index in [4.69, 9.17) is 4.74 Å². The van der Waals surface area contributed by atoms with Crippen LogP contribution in [-0.2, 0) is 16.7 Å². The van der Waals surface area contributed by atoms with E-state index in [1.165, 1.54) is 12.1 Å². The molecule has 3 heterocycles. The Bertz CT molecular complexity index is 1480. The minimum Gasteiger partial charge on any atom is -0.394 e. The number of halogens is 1. The highest BCUT2D eigenvalue weighted by atomic mass is 19.1. The van der Waals surface area contributed by atoms with Crippen LogP contribution in [0.3, 0.4) is 0 Å². The van der Waals surface area contributed by atoms with Gasteiger partial charge < -0.3 is 19.5 Å². The number of aliphatic hydroxyl groups excluding tert-OH is 2. The lowest BCUT2D eigenvalue weighted by molar-refractivity contribution is 0.0783. The molecule has 0 aliphatic heterocycles. The van der Waals surface area contributed by atoms with Crippen molar-refractivity contribution in [2.45, 2.75) is 31.9 Å². The monoisotopic (exact) mass is 477 g/mol. The number of benzene rings is 2. The molecule has 3 N–H and O–H groups in total. The number of H-pyrrole nitrogens is 1. The summed E-state index contributed by atoms with van der Waals surface area (Å²) < 4.78 is 23.2. The molecule has 0 saturated heterocycles. The molecule has 0 saturated carbocycles. The molecule has 0 amide bonds. The number of aliphatic hydroxyl groups is 2. The number of hydrogen-bond donors (Lipinski definition) is 3. The molecule has 5 aromatic rings. The zero-order valence-electron chi connectivity index (χ0n) is 19.9. The smallest absolute Gasteiger partial charge is 0.123 e. The Labute approximate surface area is 201 Å². The third-order valence-corrected chi connectivity index (χ3v) is 6.29. The normalized spacial score (nSPS) is 13.2. The van der Waals surface area contributed by atoms with Crippen LogP contribution >= 0.6 is 0 Å². The second kappa shape index (κ2) is 8.92. The lowest BCUT2D eigenvalue weighted by atomic mass is 9.85. The molecule has 0 aliphatic carbocycles. The first-order chi connectivity index (χ1) is 16.8. The fourth-order valence-electron chi connectivity index (χ4n) is 4.81. The zero-order valence-corrected chi connectivity index (χ0v) is 19.9. The third kappa shape index (κ3) is 4.12. The Balaban J connectivity index is 1.86. The quantitative estimate of drug-likeness (QED) is 0.316. The van der Waals surface area contributed by atoms with Gasteiger partial charge in [0.2, 0.25) is 0 Å². The van der Waals surface area contributed by atoms with Gasteiger partial charge in [0.1, 0.15) is 5.82 Å². The number of aromatic nitrogens is 5. The average molecular weight is 478 g/mol. The summed E-state index contributed by atoms with van der Waals surface area (Å²) in [4.78, 5) is 0. The lowest BCUT2D eigenvalue weighted by Crippen LogP contribution is -2.27. The van der Waals surface area contributed by atoms with Gasteiger partial charge in [-0.3, -0.25) is 9.78 Å². The van der Waals surface area contributed by atoms with E-state index in [9.17, 15) is 14.6 Å². The van der Waals surface area contributed by atoms with Gasteiger partial charge in [-0.05, 0) is 36.4 Å². The molecular formula is C26H28FN5O3. The van der Waals surface area contributed by atoms with Crippen LogP contribution in [0, 0.1) is 5.82 Å². The first kappa shape index (κ1) is 23.2. The molecule has 0 aliphatic rings. The number of ether oxygens (including phenoxy) is 1. The fraction of sp³-hybridized carbons (Fsp3) is 0.308. The summed E-state index contributed by atoms with van der Waals surface area (Å²) in [6.07, 6.45) is 4.51. The van der Waals surface area contributed by atoms with E-state index < -0.39 is 11.5 Å². The van der Waals surface area contributed by atoms with Crippen LogP contribution in [0.5, 0.6) is 0 Å². The number of rotatable bonds is 8. The van der Waals surface area contributed by atoms with Gasteiger partial charge in [-0.1, -0.05) is 13.8 Å². The molecule has 1 unspecified atom stereocenters. The molecule has 0 spiro atoms. The van der Waals surface area contributed by atoms with Gasteiger partial charge >= 0.3 is 0 Å². The van der Waals surface area contributed by atoms with Crippen molar-refractivity contribution in [3.63, 3.8) is 0 Å². The van der Waals surface area contributed by atoms with Crippen LogP contribution < -0.4 is 0 Å². The largest absolute Gasteiger partial charge is 0.394 e. The Hall–Kier alpha value is -3.53. The average Bonchev–Trinajstić information content (AvgIpc) is 3.55. The molecular weight excluding hydrogens is 449 g/mol. The third-order valence-electron chi connectivity index (χ3n) is 6.29. The van der Waals surface area contributed by atoms with Crippen molar-refractivity contribution in [3.8, 4) is 16.8 Å². The van der Waals surface area contributed by atoms with Crippen LogP contribution in [0.15, 0.2) is 55.0 Å². The van der Waals surface area contributed by atoms with Crippen LogP contribution in [0.2, 0.25) is 0 Å². The highest BCUT2D eigenvalue weighted by molar-refractivity contribution is 6.05. The number of aromatic amines is 1. The molecule has 0 bridgehead atoms. The molecule has 182 valence electrons. The Morgan fingerprint density at radius 1 is 1.17 bits per heavy atom. The van der Waals surface area contributed by atoms with Gasteiger partial charge in [-0.2, -0.15) is 10.2 Å². The topological polar surface area (TPSA) is 101 Å². The van der Waals surface area contributed by atoms with E-state index in [2.05, 4.69) is 45.8 Å². The highest BCUT2D eigenvalue weighted by Crippen LogP contribution is 2.44. The van der Waals surface area contributed by atoms with Crippen LogP contribution in [-0.4, -0.2) is 61.2 Å². The van der Waals surface area contributed by atoms with Crippen molar-refractivity contribution in [1.82, 2.24) is 24.5 Å². The standard InChI is InChI=1S/C26H28FN5O3/c1-26(2,15-35-3)25-24(17-11-29-31(12-17)13-20(34)14-33)21-9-22-16(10-28-30-22)8-23(21)32(25)19-6-4-18(27)5-7-19/h4-12,20,33-34H,13-15H2,1-3H3,(H,28,30). The fourth-order valence-corrected chi connectivity index (χ4v) is 4.81. The van der Waals surface area contributed by atoms with Crippen molar-refractivity contribution in [1.29, 1.82) is 0 Å². The SMILES string of the molecule is COCC(C)(C)c1c(-c2cnn(CC(O)CO)c2)c2cc3[nH]ncc3cc2n1-c1ccc(F)cc1. The second-order valence-electron chi connectivity index (χ2n) is 9.47. The minimum atomic E-state index is -0.905. The van der Waals surface area contributed by atoms with Crippen LogP contribution in [0.1, 0.15) is 19.5 Å². The number of nitrogens with zero attached hydrogens (tertiary/aromatic N) is 4. The van der Waals surface area contributed by atoms with E-state index in [1.807, 2.05) is 6.20 Å². The summed E-state index contributed by atoms with van der Waals surface area (Å²) in [5.74, 6) is -0.302. The number of fused-ring (bicyclic) bond motifs is 2. The van der Waals surface area contributed by atoms with E-state index in [0.717, 1.165) is 44.3 Å². The molecule has 5 rings (SSSR count). The van der Waals surface area contributed by atoms with Crippen molar-refractivity contribution in [2.75, 3.05) is 20.3 Å². The van der Waals surface area contributed by atoms with Crippen molar-refractivity contribution in [3.05, 3.63) is 66.5 Å². The van der Waals surface area contributed by atoms with E-state index in [0.29, 0.717) is 6.61 Å². The summed E-state index contributed by atoms with van der Waals surface area (Å²) in [5.41, 5.74) is 5.05. The number of methoxy groups -OCH3 is 1. The predicted octanol–water partition coefficient (Wildman–Crippen LogP) is 3.79. The van der Waals surface area contributed by atoms with Gasteiger partial charge in [0.05, 0.1) is 49.3 Å². The van der Waals surface area contributed by atoms with Gasteiger partial charge in [0.15, 0.2) is 0 Å².